The number of hydrogen-bond acceptors (Lipinski definition) is 2. The fraction of sp³-hybridized carbons (Fsp3) is 0.118. The van der Waals surface area contributed by atoms with Crippen molar-refractivity contribution in [2.75, 3.05) is 9.80 Å². The lowest BCUT2D eigenvalue weighted by atomic mass is 9.81. The molecule has 0 aliphatic heterocycles. The molecule has 4 nitrogen and oxygen atoms in total. The summed E-state index contributed by atoms with van der Waals surface area (Å²) in [6.45, 7) is 19.7. The van der Waals surface area contributed by atoms with Gasteiger partial charge >= 0.3 is 0 Å². The molecule has 0 bridgehead atoms. The van der Waals surface area contributed by atoms with E-state index in [0.717, 1.165) is 83.5 Å². The molecule has 0 unspecified atom stereocenters. The normalized spacial score (nSPS) is 14.1. The van der Waals surface area contributed by atoms with Crippen LogP contribution in [0.1, 0.15) is 101 Å². The fourth-order valence-electron chi connectivity index (χ4n) is 14.7. The van der Waals surface area contributed by atoms with E-state index in [2.05, 4.69) is 212 Å². The molecule has 17 rings (SSSR count). The third kappa shape index (κ3) is 12.4. The van der Waals surface area contributed by atoms with Gasteiger partial charge in [-0.2, -0.15) is 0 Å². The lowest BCUT2D eigenvalue weighted by Crippen LogP contribution is -2.20. The number of para-hydroxylation sites is 4. The summed E-state index contributed by atoms with van der Waals surface area (Å²) in [4.78, 5) is 4.47. The van der Waals surface area contributed by atoms with Crippen molar-refractivity contribution in [3.63, 3.8) is 0 Å². The highest BCUT2D eigenvalue weighted by atomic mass is 15.2. The summed E-state index contributed by atoms with van der Waals surface area (Å²) in [7, 11) is 0. The fourth-order valence-corrected chi connectivity index (χ4v) is 14.7. The van der Waals surface area contributed by atoms with E-state index < -0.39 is 113 Å². The maximum Gasteiger partial charge on any atom is 0.0645 e. The highest BCUT2D eigenvalue weighted by Gasteiger charge is 2.33. The molecule has 2 aromatic heterocycles. The second-order valence-electron chi connectivity index (χ2n) is 30.2. The Labute approximate surface area is 646 Å². The van der Waals surface area contributed by atoms with Crippen molar-refractivity contribution in [2.45, 2.75) is 78.6 Å². The van der Waals surface area contributed by atoms with Crippen molar-refractivity contribution < 1.29 is 21.9 Å². The van der Waals surface area contributed by atoms with Crippen LogP contribution >= 0.6 is 0 Å². The summed E-state index contributed by atoms with van der Waals surface area (Å²) in [5.74, 6) is 0. The van der Waals surface area contributed by atoms with Crippen LogP contribution in [0.15, 0.2) is 358 Å². The van der Waals surface area contributed by atoms with Crippen LogP contribution in [0.4, 0.5) is 34.1 Å². The second kappa shape index (κ2) is 27.0. The van der Waals surface area contributed by atoms with Gasteiger partial charge in [-0.15, -0.1) is 0 Å². The highest BCUT2D eigenvalue weighted by molar-refractivity contribution is 6.11. The summed E-state index contributed by atoms with van der Waals surface area (Å²) in [5.41, 5.74) is 16.0. The zero-order chi connectivity index (χ0) is 86.4. The SMILES string of the molecule is [2H]c1c([2H])c([2H])c2c(c1[2H])c1c([2H])c([2H])c([2H])c([2H])c1n2-c1cccc(N(c2cc(N(c3cccc(-n4c5c([2H])c([2H])c([2H])c([2H])c5c5c([2H])c([2H])c([2H])c([2H])c54)c3)c3c(-c4ccccc4)cc(C(C)(C)C)cc3-c3cccc(-c4ccccc4)c3)cc(C(C)(C)C)c2)c2c(-c3ccccc3)cc(C(C)(C)C)cc2-c2cccc(-c3ccccc3)c2)c1. The number of benzene rings is 15. The maximum absolute atomic E-state index is 9.81. The predicted molar refractivity (Wildman–Crippen MR) is 453 cm³/mol. The Kier molecular flexibility index (Phi) is 12.9. The van der Waals surface area contributed by atoms with E-state index in [-0.39, 0.29) is 43.6 Å². The van der Waals surface area contributed by atoms with E-state index in [0.29, 0.717) is 45.5 Å². The molecule has 0 aliphatic carbocycles. The largest absolute Gasteiger partial charge is 0.309 e. The van der Waals surface area contributed by atoms with Gasteiger partial charge in [0.2, 0.25) is 0 Å². The predicted octanol–water partition coefficient (Wildman–Crippen LogP) is 28.7. The maximum atomic E-state index is 9.81. The summed E-state index contributed by atoms with van der Waals surface area (Å²) < 4.78 is 154. The summed E-state index contributed by atoms with van der Waals surface area (Å²) in [6, 6.07) is 80.4. The molecular weight excluding hydrogens is 1280 g/mol. The van der Waals surface area contributed by atoms with Crippen LogP contribution in [0.5, 0.6) is 0 Å². The molecule has 4 heteroatoms. The lowest BCUT2D eigenvalue weighted by Gasteiger charge is -2.36. The van der Waals surface area contributed by atoms with E-state index in [9.17, 15) is 16.4 Å². The molecule has 0 atom stereocenters. The molecule has 0 radical (unpaired) electrons. The van der Waals surface area contributed by atoms with Crippen LogP contribution in [-0.2, 0) is 16.2 Å². The first-order chi connectivity index (χ1) is 58.1. The topological polar surface area (TPSA) is 16.3 Å². The number of anilines is 6. The van der Waals surface area contributed by atoms with Crippen molar-refractivity contribution in [1.82, 2.24) is 9.13 Å². The quantitative estimate of drug-likeness (QED) is 0.108. The van der Waals surface area contributed by atoms with Gasteiger partial charge < -0.3 is 18.9 Å². The zero-order valence-electron chi connectivity index (χ0n) is 76.6. The van der Waals surface area contributed by atoms with Crippen molar-refractivity contribution in [3.8, 4) is 78.1 Å². The zero-order valence-corrected chi connectivity index (χ0v) is 60.6. The monoisotopic (exact) mass is 1380 g/mol. The first kappa shape index (κ1) is 50.8. The summed E-state index contributed by atoms with van der Waals surface area (Å²) in [6.07, 6.45) is 0. The third-order valence-corrected chi connectivity index (χ3v) is 20.2. The van der Waals surface area contributed by atoms with Gasteiger partial charge in [-0.25, -0.2) is 0 Å². The minimum absolute atomic E-state index is 0.0482. The average molecular weight is 1380 g/mol. The second-order valence-corrected chi connectivity index (χ2v) is 30.2. The first-order valence-corrected chi connectivity index (χ1v) is 35.9. The molecule has 15 aromatic carbocycles. The number of hydrogen-bond donors (Lipinski definition) is 0. The van der Waals surface area contributed by atoms with Gasteiger partial charge in [0, 0.05) is 77.9 Å². The molecule has 0 N–H and O–H groups in total. The molecule has 106 heavy (non-hydrogen) atoms. The van der Waals surface area contributed by atoms with Crippen LogP contribution in [0.2, 0.25) is 0 Å². The molecule has 0 fully saturated rings. The molecule has 17 aromatic rings. The van der Waals surface area contributed by atoms with Gasteiger partial charge in [-0.1, -0.05) is 305 Å². The Hall–Kier alpha value is -12.5. The Morgan fingerprint density at radius 2 is 0.509 bits per heavy atom. The van der Waals surface area contributed by atoms with Gasteiger partial charge in [-0.3, -0.25) is 0 Å². The Morgan fingerprint density at radius 1 is 0.236 bits per heavy atom. The van der Waals surface area contributed by atoms with Crippen molar-refractivity contribution in [2.24, 2.45) is 0 Å². The Balaban J connectivity index is 1.07. The lowest BCUT2D eigenvalue weighted by molar-refractivity contribution is 0.590. The number of rotatable bonds is 14. The highest BCUT2D eigenvalue weighted by Crippen LogP contribution is 2.55. The Morgan fingerprint density at radius 3 is 0.840 bits per heavy atom. The van der Waals surface area contributed by atoms with Crippen molar-refractivity contribution in [1.29, 1.82) is 0 Å². The molecule has 0 aliphatic rings. The molecule has 0 saturated carbocycles. The van der Waals surface area contributed by atoms with E-state index >= 15 is 0 Å². The number of nitrogens with zero attached hydrogens (tertiary/aromatic N) is 4. The molecular formula is C102H86N4. The van der Waals surface area contributed by atoms with Crippen LogP contribution < -0.4 is 9.80 Å². The molecule has 514 valence electrons. The van der Waals surface area contributed by atoms with E-state index in [4.69, 9.17) is 5.48 Å². The number of fused-ring (bicyclic) bond motifs is 6. The Bertz CT molecular complexity index is 6570. The minimum atomic E-state index is -0.702. The van der Waals surface area contributed by atoms with Gasteiger partial charge in [-0.05, 0) is 193 Å². The minimum Gasteiger partial charge on any atom is -0.309 e. The van der Waals surface area contributed by atoms with Gasteiger partial charge in [0.1, 0.15) is 0 Å². The van der Waals surface area contributed by atoms with Crippen molar-refractivity contribution >= 4 is 77.7 Å². The van der Waals surface area contributed by atoms with E-state index in [1.807, 2.05) is 109 Å². The average Bonchev–Trinajstić information content (AvgIpc) is 1.56. The third-order valence-electron chi connectivity index (χ3n) is 20.2. The van der Waals surface area contributed by atoms with Gasteiger partial charge in [0.15, 0.2) is 0 Å². The molecule has 0 amide bonds. The molecule has 2 heterocycles. The van der Waals surface area contributed by atoms with Crippen LogP contribution in [0.3, 0.4) is 0 Å². The molecule has 0 saturated heterocycles. The molecule has 0 spiro atoms. The smallest absolute Gasteiger partial charge is 0.0645 e. The van der Waals surface area contributed by atoms with Crippen molar-refractivity contribution in [3.05, 3.63) is 374 Å². The van der Waals surface area contributed by atoms with Gasteiger partial charge in [0.05, 0.1) is 55.4 Å². The summed E-state index contributed by atoms with van der Waals surface area (Å²) in [5, 5.41) is -0.277. The summed E-state index contributed by atoms with van der Waals surface area (Å²) >= 11 is 0. The van der Waals surface area contributed by atoms with Gasteiger partial charge in [0.25, 0.3) is 0 Å². The van der Waals surface area contributed by atoms with Crippen LogP contribution in [-0.4, -0.2) is 9.13 Å². The first-order valence-electron chi connectivity index (χ1n) is 43.9. The van der Waals surface area contributed by atoms with Crippen LogP contribution in [0, 0.1) is 0 Å². The van der Waals surface area contributed by atoms with E-state index in [1.54, 1.807) is 21.3 Å². The van der Waals surface area contributed by atoms with E-state index in [1.165, 1.54) is 0 Å². The van der Waals surface area contributed by atoms with Crippen LogP contribution in [0.25, 0.3) is 122 Å². The number of aromatic nitrogens is 2. The standard InChI is InChI=1S/C102H86N4/c1-100(2,3)77-60-84(103(80-46-32-48-82(66-80)105-94-54-26-22-50-86(94)87-51-23-27-55-95(87)105)98-90(71-38-18-12-19-39-71)62-78(101(4,5)6)64-92(98)75-44-30-42-73(58-75)69-34-14-10-15-35-69)68-85(61-77)104(81-47-33-49-83(67-81)106-96-56-28-24-52-88(96)89-53-25-29-57-97(89)106)99-91(72-40-20-13-21-41-72)63-79(102(7,8)9)65-93(99)76-45-31-43-74(59-76)70-36-16-11-17-37-70/h10-68H,1-9H3/i22D,23D,24D,25D,26D,27D,28D,29D,50D,51D,52D,53D,54D,55D,56D,57D.